The fourth-order valence-corrected chi connectivity index (χ4v) is 2.87. The van der Waals surface area contributed by atoms with Gasteiger partial charge < -0.3 is 5.32 Å². The quantitative estimate of drug-likeness (QED) is 0.873. The second-order valence-corrected chi connectivity index (χ2v) is 6.68. The van der Waals surface area contributed by atoms with Crippen molar-refractivity contribution < 1.29 is 4.79 Å². The minimum absolute atomic E-state index is 0.0440. The average Bonchev–Trinajstić information content (AvgIpc) is 2.32. The number of hydrogen-bond donors (Lipinski definition) is 1. The molecule has 1 saturated carbocycles. The Hall–Kier alpha value is -0.830. The summed E-state index contributed by atoms with van der Waals surface area (Å²) in [6.07, 6.45) is 4.78. The summed E-state index contributed by atoms with van der Waals surface area (Å²) in [6, 6.07) is 7.81. The summed E-state index contributed by atoms with van der Waals surface area (Å²) in [6.45, 7) is 4.50. The van der Waals surface area contributed by atoms with Crippen molar-refractivity contribution in [2.24, 2.45) is 5.41 Å². The normalized spacial score (nSPS) is 22.5. The number of rotatable bonds is 2. The molecule has 0 heterocycles. The number of nitrogens with one attached hydrogen (secondary N) is 1. The summed E-state index contributed by atoms with van der Waals surface area (Å²) < 4.78 is 0.997. The predicted octanol–water partition coefficient (Wildman–Crippen LogP) is 4.15. The zero-order valence-corrected chi connectivity index (χ0v) is 12.6. The minimum atomic E-state index is 0.0440. The molecule has 1 N–H and O–H groups in total. The third-order valence-corrected chi connectivity index (χ3v) is 4.45. The molecular formula is C15H20BrNO. The zero-order valence-electron chi connectivity index (χ0n) is 11.0. The fourth-order valence-electron chi connectivity index (χ4n) is 2.60. The van der Waals surface area contributed by atoms with E-state index in [4.69, 9.17) is 0 Å². The van der Waals surface area contributed by atoms with E-state index in [0.29, 0.717) is 6.04 Å². The number of carbonyl (C=O) groups excluding carboxylic acids is 1. The lowest BCUT2D eigenvalue weighted by Crippen LogP contribution is -2.46. The second-order valence-electron chi connectivity index (χ2n) is 5.77. The maximum atomic E-state index is 12.2. The van der Waals surface area contributed by atoms with Crippen LogP contribution in [-0.2, 0) is 0 Å². The van der Waals surface area contributed by atoms with Gasteiger partial charge in [0.05, 0.1) is 0 Å². The van der Waals surface area contributed by atoms with Gasteiger partial charge in [0.25, 0.3) is 5.91 Å². The first-order valence-electron chi connectivity index (χ1n) is 6.55. The standard InChI is InChI=1S/C15H20BrNO/c1-15(2)10-4-3-5-13(15)17-14(18)11-6-8-12(16)9-7-11/h6-9,13H,3-5,10H2,1-2H3,(H,17,18). The Morgan fingerprint density at radius 2 is 1.94 bits per heavy atom. The monoisotopic (exact) mass is 309 g/mol. The summed E-state index contributed by atoms with van der Waals surface area (Å²) in [5.41, 5.74) is 0.947. The van der Waals surface area contributed by atoms with Crippen LogP contribution >= 0.6 is 15.9 Å². The molecule has 0 aliphatic heterocycles. The SMILES string of the molecule is CC1(C)CCCCC1NC(=O)c1ccc(Br)cc1. The van der Waals surface area contributed by atoms with Gasteiger partial charge in [-0.15, -0.1) is 0 Å². The zero-order chi connectivity index (χ0) is 13.2. The van der Waals surface area contributed by atoms with Gasteiger partial charge >= 0.3 is 0 Å². The van der Waals surface area contributed by atoms with Gasteiger partial charge in [-0.2, -0.15) is 0 Å². The first-order chi connectivity index (χ1) is 8.49. The van der Waals surface area contributed by atoms with Gasteiger partial charge in [0, 0.05) is 16.1 Å². The molecule has 2 rings (SSSR count). The molecule has 3 heteroatoms. The molecule has 0 saturated heterocycles. The van der Waals surface area contributed by atoms with Crippen molar-refractivity contribution in [2.75, 3.05) is 0 Å². The maximum absolute atomic E-state index is 12.2. The van der Waals surface area contributed by atoms with Crippen molar-refractivity contribution >= 4 is 21.8 Å². The van der Waals surface area contributed by atoms with Crippen molar-refractivity contribution in [1.82, 2.24) is 5.32 Å². The molecule has 18 heavy (non-hydrogen) atoms. The van der Waals surface area contributed by atoms with Gasteiger partial charge in [0.1, 0.15) is 0 Å². The van der Waals surface area contributed by atoms with E-state index in [9.17, 15) is 4.79 Å². The number of benzene rings is 1. The highest BCUT2D eigenvalue weighted by Crippen LogP contribution is 2.35. The van der Waals surface area contributed by atoms with Gasteiger partial charge in [-0.05, 0) is 42.5 Å². The second kappa shape index (κ2) is 5.43. The molecule has 1 atom stereocenters. The maximum Gasteiger partial charge on any atom is 0.251 e. The molecule has 0 spiro atoms. The minimum Gasteiger partial charge on any atom is -0.349 e. The van der Waals surface area contributed by atoms with Gasteiger partial charge in [-0.25, -0.2) is 0 Å². The number of amides is 1. The summed E-state index contributed by atoms with van der Waals surface area (Å²) in [4.78, 5) is 12.2. The van der Waals surface area contributed by atoms with Crippen LogP contribution in [0.3, 0.4) is 0 Å². The fraction of sp³-hybridized carbons (Fsp3) is 0.533. The number of carbonyl (C=O) groups is 1. The van der Waals surface area contributed by atoms with Crippen molar-refractivity contribution in [1.29, 1.82) is 0 Å². The Bertz CT molecular complexity index is 425. The Balaban J connectivity index is 2.04. The van der Waals surface area contributed by atoms with E-state index in [1.165, 1.54) is 19.3 Å². The van der Waals surface area contributed by atoms with Crippen molar-refractivity contribution in [2.45, 2.75) is 45.6 Å². The highest BCUT2D eigenvalue weighted by atomic mass is 79.9. The van der Waals surface area contributed by atoms with E-state index < -0.39 is 0 Å². The molecule has 1 aromatic rings. The topological polar surface area (TPSA) is 29.1 Å². The third-order valence-electron chi connectivity index (χ3n) is 3.92. The number of halogens is 1. The lowest BCUT2D eigenvalue weighted by molar-refractivity contribution is 0.0853. The predicted molar refractivity (Wildman–Crippen MR) is 77.6 cm³/mol. The number of hydrogen-bond acceptors (Lipinski definition) is 1. The summed E-state index contributed by atoms with van der Waals surface area (Å²) in [5, 5.41) is 3.19. The third kappa shape index (κ3) is 3.14. The molecule has 1 aromatic carbocycles. The summed E-state index contributed by atoms with van der Waals surface area (Å²) >= 11 is 3.38. The molecule has 0 radical (unpaired) electrons. The molecule has 0 aromatic heterocycles. The van der Waals surface area contributed by atoms with E-state index in [0.717, 1.165) is 16.5 Å². The molecule has 1 aliphatic carbocycles. The van der Waals surface area contributed by atoms with Crippen LogP contribution in [-0.4, -0.2) is 11.9 Å². The lowest BCUT2D eigenvalue weighted by Gasteiger charge is -2.39. The largest absolute Gasteiger partial charge is 0.349 e. The molecule has 1 amide bonds. The van der Waals surface area contributed by atoms with Crippen LogP contribution in [0.5, 0.6) is 0 Å². The molecule has 1 fully saturated rings. The molecule has 1 unspecified atom stereocenters. The van der Waals surface area contributed by atoms with Crippen LogP contribution in [0.2, 0.25) is 0 Å². The van der Waals surface area contributed by atoms with E-state index >= 15 is 0 Å². The molecule has 98 valence electrons. The highest BCUT2D eigenvalue weighted by molar-refractivity contribution is 9.10. The summed E-state index contributed by atoms with van der Waals surface area (Å²) in [7, 11) is 0. The molecule has 2 nitrogen and oxygen atoms in total. The Morgan fingerprint density at radius 1 is 1.28 bits per heavy atom. The molecule has 1 aliphatic rings. The van der Waals surface area contributed by atoms with Gasteiger partial charge in [-0.1, -0.05) is 42.6 Å². The lowest BCUT2D eigenvalue weighted by atomic mass is 9.73. The van der Waals surface area contributed by atoms with E-state index in [2.05, 4.69) is 35.1 Å². The Labute approximate surface area is 117 Å². The Kier molecular flexibility index (Phi) is 4.10. The van der Waals surface area contributed by atoms with Crippen molar-refractivity contribution in [3.8, 4) is 0 Å². The van der Waals surface area contributed by atoms with Crippen molar-refractivity contribution in [3.63, 3.8) is 0 Å². The smallest absolute Gasteiger partial charge is 0.251 e. The first kappa shape index (κ1) is 13.6. The van der Waals surface area contributed by atoms with Crippen molar-refractivity contribution in [3.05, 3.63) is 34.3 Å². The highest BCUT2D eigenvalue weighted by Gasteiger charge is 2.33. The first-order valence-corrected chi connectivity index (χ1v) is 7.35. The van der Waals surface area contributed by atoms with Crippen LogP contribution < -0.4 is 5.32 Å². The van der Waals surface area contributed by atoms with Gasteiger partial charge in [0.15, 0.2) is 0 Å². The average molecular weight is 310 g/mol. The van der Waals surface area contributed by atoms with Gasteiger partial charge in [0.2, 0.25) is 0 Å². The molecule has 0 bridgehead atoms. The van der Waals surface area contributed by atoms with Crippen LogP contribution in [0.1, 0.15) is 49.9 Å². The summed E-state index contributed by atoms with van der Waals surface area (Å²) in [5.74, 6) is 0.0440. The Morgan fingerprint density at radius 3 is 2.56 bits per heavy atom. The van der Waals surface area contributed by atoms with Gasteiger partial charge in [-0.3, -0.25) is 4.79 Å². The van der Waals surface area contributed by atoms with Crippen LogP contribution in [0.15, 0.2) is 28.7 Å². The van der Waals surface area contributed by atoms with Crippen LogP contribution in [0, 0.1) is 5.41 Å². The molecular weight excluding hydrogens is 290 g/mol. The van der Waals surface area contributed by atoms with E-state index in [1.807, 2.05) is 24.3 Å². The van der Waals surface area contributed by atoms with Crippen LogP contribution in [0.25, 0.3) is 0 Å². The van der Waals surface area contributed by atoms with Crippen LogP contribution in [0.4, 0.5) is 0 Å². The van der Waals surface area contributed by atoms with E-state index in [-0.39, 0.29) is 11.3 Å². The van der Waals surface area contributed by atoms with E-state index in [1.54, 1.807) is 0 Å².